The van der Waals surface area contributed by atoms with Gasteiger partial charge < -0.3 is 9.64 Å². The number of aryl methyl sites for hydroxylation is 1. The number of carbonyl (C=O) groups excluding carboxylic acids is 1. The molecule has 1 unspecified atom stereocenters. The molecular weight excluding hydrogens is 462 g/mol. The summed E-state index contributed by atoms with van der Waals surface area (Å²) in [7, 11) is 0. The van der Waals surface area contributed by atoms with Crippen molar-refractivity contribution in [3.63, 3.8) is 0 Å². The number of piperidine rings is 1. The van der Waals surface area contributed by atoms with E-state index in [4.69, 9.17) is 21.6 Å². The molecule has 0 radical (unpaired) electrons. The van der Waals surface area contributed by atoms with Crippen LogP contribution in [-0.2, 0) is 11.2 Å². The minimum atomic E-state index is 0.0259. The van der Waals surface area contributed by atoms with Crippen molar-refractivity contribution in [2.24, 2.45) is 0 Å². The van der Waals surface area contributed by atoms with Gasteiger partial charge in [0.25, 0.3) is 5.91 Å². The zero-order chi connectivity index (χ0) is 24.4. The molecular formula is C27H28ClN5O2. The Labute approximate surface area is 210 Å². The first-order chi connectivity index (χ1) is 17.1. The molecule has 2 fully saturated rings. The molecule has 1 atom stereocenters. The maximum atomic E-state index is 13.6. The van der Waals surface area contributed by atoms with E-state index < -0.39 is 0 Å². The van der Waals surface area contributed by atoms with E-state index in [1.807, 2.05) is 48.2 Å². The van der Waals surface area contributed by atoms with Gasteiger partial charge in [-0.1, -0.05) is 30.7 Å². The van der Waals surface area contributed by atoms with Crippen LogP contribution < -0.4 is 0 Å². The predicted octanol–water partition coefficient (Wildman–Crippen LogP) is 5.08. The van der Waals surface area contributed by atoms with Crippen LogP contribution in [0.1, 0.15) is 70.9 Å². The van der Waals surface area contributed by atoms with E-state index in [1.165, 1.54) is 5.56 Å². The SMILES string of the molecule is CCc1cc(Cl)c(-c2n[nH]c(C3CCOC3)n2)cc1C(=O)N1CCC(c2ccc(C#N)cc2)CC1. The number of aromatic amines is 1. The Balaban J connectivity index is 1.34. The molecule has 0 saturated carbocycles. The van der Waals surface area contributed by atoms with E-state index in [-0.39, 0.29) is 11.8 Å². The van der Waals surface area contributed by atoms with E-state index in [0.29, 0.717) is 59.6 Å². The molecule has 2 saturated heterocycles. The number of hydrogen-bond donors (Lipinski definition) is 1. The first-order valence-corrected chi connectivity index (χ1v) is 12.6. The monoisotopic (exact) mass is 489 g/mol. The second-order valence-corrected chi connectivity index (χ2v) is 9.66. The van der Waals surface area contributed by atoms with Gasteiger partial charge in [0, 0.05) is 36.7 Å². The maximum absolute atomic E-state index is 13.6. The molecule has 180 valence electrons. The van der Waals surface area contributed by atoms with Crippen LogP contribution in [0.15, 0.2) is 36.4 Å². The molecule has 2 aromatic carbocycles. The molecule has 2 aliphatic rings. The maximum Gasteiger partial charge on any atom is 0.254 e. The van der Waals surface area contributed by atoms with Crippen molar-refractivity contribution in [1.82, 2.24) is 20.1 Å². The molecule has 3 aromatic rings. The van der Waals surface area contributed by atoms with Gasteiger partial charge in [0.1, 0.15) is 5.82 Å². The summed E-state index contributed by atoms with van der Waals surface area (Å²) in [5.41, 5.74) is 4.16. The van der Waals surface area contributed by atoms with Crippen molar-refractivity contribution in [3.8, 4) is 17.5 Å². The highest BCUT2D eigenvalue weighted by atomic mass is 35.5. The van der Waals surface area contributed by atoms with Crippen LogP contribution in [0.2, 0.25) is 5.02 Å². The van der Waals surface area contributed by atoms with Gasteiger partial charge in [-0.3, -0.25) is 9.89 Å². The van der Waals surface area contributed by atoms with Crippen molar-refractivity contribution in [2.75, 3.05) is 26.3 Å². The highest BCUT2D eigenvalue weighted by Crippen LogP contribution is 2.33. The lowest BCUT2D eigenvalue weighted by Gasteiger charge is -2.33. The zero-order valence-electron chi connectivity index (χ0n) is 19.8. The molecule has 2 aliphatic heterocycles. The number of halogens is 1. The Morgan fingerprint density at radius 1 is 1.20 bits per heavy atom. The lowest BCUT2D eigenvalue weighted by Crippen LogP contribution is -2.38. The largest absolute Gasteiger partial charge is 0.381 e. The van der Waals surface area contributed by atoms with Gasteiger partial charge in [-0.2, -0.15) is 10.4 Å². The van der Waals surface area contributed by atoms with Crippen LogP contribution in [0, 0.1) is 11.3 Å². The Hall–Kier alpha value is -3.21. The second kappa shape index (κ2) is 10.2. The van der Waals surface area contributed by atoms with Crippen LogP contribution in [0.4, 0.5) is 0 Å². The highest BCUT2D eigenvalue weighted by Gasteiger charge is 2.28. The lowest BCUT2D eigenvalue weighted by atomic mass is 9.88. The van der Waals surface area contributed by atoms with Gasteiger partial charge in [-0.25, -0.2) is 4.98 Å². The van der Waals surface area contributed by atoms with Crippen LogP contribution in [-0.4, -0.2) is 52.3 Å². The van der Waals surface area contributed by atoms with E-state index in [1.54, 1.807) is 0 Å². The van der Waals surface area contributed by atoms with E-state index in [2.05, 4.69) is 21.3 Å². The molecule has 1 N–H and O–H groups in total. The molecule has 5 rings (SSSR count). The van der Waals surface area contributed by atoms with E-state index >= 15 is 0 Å². The second-order valence-electron chi connectivity index (χ2n) is 9.25. The average molecular weight is 490 g/mol. The normalized spacial score (nSPS) is 18.5. The number of carbonyl (C=O) groups is 1. The molecule has 3 heterocycles. The van der Waals surface area contributed by atoms with Gasteiger partial charge in [-0.15, -0.1) is 0 Å². The van der Waals surface area contributed by atoms with Crippen molar-refractivity contribution >= 4 is 17.5 Å². The number of ether oxygens (including phenoxy) is 1. The van der Waals surface area contributed by atoms with E-state index in [9.17, 15) is 4.79 Å². The number of likely N-dealkylation sites (tertiary alicyclic amines) is 1. The van der Waals surface area contributed by atoms with E-state index in [0.717, 1.165) is 37.3 Å². The zero-order valence-corrected chi connectivity index (χ0v) is 20.5. The van der Waals surface area contributed by atoms with Gasteiger partial charge in [0.05, 0.1) is 23.3 Å². The first kappa shape index (κ1) is 23.5. The third-order valence-electron chi connectivity index (χ3n) is 7.16. The minimum absolute atomic E-state index is 0.0259. The van der Waals surface area contributed by atoms with Crippen molar-refractivity contribution < 1.29 is 9.53 Å². The van der Waals surface area contributed by atoms with Crippen molar-refractivity contribution in [3.05, 3.63) is 69.5 Å². The molecule has 1 aromatic heterocycles. The number of nitrogens with one attached hydrogen (secondary N) is 1. The molecule has 35 heavy (non-hydrogen) atoms. The van der Waals surface area contributed by atoms with Crippen LogP contribution >= 0.6 is 11.6 Å². The smallest absolute Gasteiger partial charge is 0.254 e. The topological polar surface area (TPSA) is 94.9 Å². The molecule has 1 amide bonds. The fourth-order valence-electron chi connectivity index (χ4n) is 5.02. The number of aromatic nitrogens is 3. The summed E-state index contributed by atoms with van der Waals surface area (Å²) in [5.74, 6) is 1.94. The third-order valence-corrected chi connectivity index (χ3v) is 7.47. The summed E-state index contributed by atoms with van der Waals surface area (Å²) in [6.45, 7) is 4.78. The van der Waals surface area contributed by atoms with Gasteiger partial charge >= 0.3 is 0 Å². The number of nitriles is 1. The molecule has 8 heteroatoms. The number of hydrogen-bond acceptors (Lipinski definition) is 5. The first-order valence-electron chi connectivity index (χ1n) is 12.2. The van der Waals surface area contributed by atoms with Crippen LogP contribution in [0.5, 0.6) is 0 Å². The van der Waals surface area contributed by atoms with Crippen LogP contribution in [0.25, 0.3) is 11.4 Å². The van der Waals surface area contributed by atoms with Crippen molar-refractivity contribution in [1.29, 1.82) is 5.26 Å². The standard InChI is InChI=1S/C27H28ClN5O2/c1-2-18-13-24(28)23(26-30-25(31-32-26)21-9-12-35-16-21)14-22(18)27(34)33-10-7-20(8-11-33)19-5-3-17(15-29)4-6-19/h3-6,13-14,20-21H,2,7-12,16H2,1H3,(H,30,31,32). The summed E-state index contributed by atoms with van der Waals surface area (Å²) in [4.78, 5) is 20.2. The Bertz CT molecular complexity index is 1250. The third kappa shape index (κ3) is 4.82. The number of rotatable bonds is 5. The summed E-state index contributed by atoms with van der Waals surface area (Å²) in [6, 6.07) is 13.7. The highest BCUT2D eigenvalue weighted by molar-refractivity contribution is 6.33. The Morgan fingerprint density at radius 2 is 1.97 bits per heavy atom. The molecule has 0 aliphatic carbocycles. The molecule has 0 bridgehead atoms. The fourth-order valence-corrected chi connectivity index (χ4v) is 5.29. The summed E-state index contributed by atoms with van der Waals surface area (Å²) < 4.78 is 5.47. The number of H-pyrrole nitrogens is 1. The lowest BCUT2D eigenvalue weighted by molar-refractivity contribution is 0.0712. The number of nitrogens with zero attached hydrogens (tertiary/aromatic N) is 4. The van der Waals surface area contributed by atoms with Gasteiger partial charge in [0.15, 0.2) is 5.82 Å². The Morgan fingerprint density at radius 3 is 2.63 bits per heavy atom. The van der Waals surface area contributed by atoms with Gasteiger partial charge in [-0.05, 0) is 67.0 Å². The quantitative estimate of drug-likeness (QED) is 0.539. The van der Waals surface area contributed by atoms with Crippen LogP contribution in [0.3, 0.4) is 0 Å². The Kier molecular flexibility index (Phi) is 6.85. The van der Waals surface area contributed by atoms with Crippen molar-refractivity contribution in [2.45, 2.75) is 44.4 Å². The minimum Gasteiger partial charge on any atom is -0.381 e. The molecule has 7 nitrogen and oxygen atoms in total. The fraction of sp³-hybridized carbons (Fsp3) is 0.407. The van der Waals surface area contributed by atoms with Gasteiger partial charge in [0.2, 0.25) is 0 Å². The average Bonchev–Trinajstić information content (AvgIpc) is 3.61. The number of benzene rings is 2. The summed E-state index contributed by atoms with van der Waals surface area (Å²) >= 11 is 6.62. The predicted molar refractivity (Wildman–Crippen MR) is 133 cm³/mol. The molecule has 0 spiro atoms. The summed E-state index contributed by atoms with van der Waals surface area (Å²) in [5, 5.41) is 17.0. The number of amides is 1. The summed E-state index contributed by atoms with van der Waals surface area (Å²) in [6.07, 6.45) is 3.42.